The van der Waals surface area contributed by atoms with Crippen LogP contribution in [0.5, 0.6) is 0 Å². The van der Waals surface area contributed by atoms with Crippen molar-refractivity contribution in [2.24, 2.45) is 0 Å². The summed E-state index contributed by atoms with van der Waals surface area (Å²) in [6.45, 7) is 0.171. The van der Waals surface area contributed by atoms with Crippen LogP contribution < -0.4 is 4.72 Å². The normalized spacial score (nSPS) is 11.5. The fraction of sp³-hybridized carbons (Fsp3) is 0.182. The van der Waals surface area contributed by atoms with Crippen LogP contribution in [0.1, 0.15) is 0 Å². The number of nitrogens with zero attached hydrogens (tertiary/aromatic N) is 2. The number of halogens is 1. The molecule has 0 aliphatic rings. The minimum atomic E-state index is -3.64. The van der Waals surface area contributed by atoms with E-state index in [4.69, 9.17) is 5.11 Å². The molecule has 2 aromatic rings. The lowest BCUT2D eigenvalue weighted by molar-refractivity contribution is 0.269. The SMILES string of the molecule is O=S(=O)(Nc1ccc(I)cc1)c1cnn(CCO)c1. The van der Waals surface area contributed by atoms with E-state index in [2.05, 4.69) is 32.4 Å². The van der Waals surface area contributed by atoms with Crippen LogP contribution in [0, 0.1) is 3.57 Å². The number of aliphatic hydroxyl groups excluding tert-OH is 1. The Labute approximate surface area is 124 Å². The number of sulfonamides is 1. The van der Waals surface area contributed by atoms with Gasteiger partial charge < -0.3 is 5.11 Å². The van der Waals surface area contributed by atoms with Crippen LogP contribution in [0.2, 0.25) is 0 Å². The molecular formula is C11H12IN3O3S. The molecule has 6 nitrogen and oxygen atoms in total. The van der Waals surface area contributed by atoms with Gasteiger partial charge in [-0.2, -0.15) is 5.10 Å². The van der Waals surface area contributed by atoms with Gasteiger partial charge in [-0.05, 0) is 46.9 Å². The number of rotatable bonds is 5. The van der Waals surface area contributed by atoms with Crippen molar-refractivity contribution in [3.8, 4) is 0 Å². The van der Waals surface area contributed by atoms with E-state index < -0.39 is 10.0 Å². The first kappa shape index (κ1) is 14.3. The predicted molar refractivity (Wildman–Crippen MR) is 79.3 cm³/mol. The summed E-state index contributed by atoms with van der Waals surface area (Å²) in [6.07, 6.45) is 2.63. The van der Waals surface area contributed by atoms with E-state index in [9.17, 15) is 8.42 Å². The maximum atomic E-state index is 12.1. The molecule has 1 heterocycles. The van der Waals surface area contributed by atoms with Crippen molar-refractivity contribution in [2.75, 3.05) is 11.3 Å². The third-order valence-corrected chi connectivity index (χ3v) is 4.40. The van der Waals surface area contributed by atoms with Gasteiger partial charge in [-0.1, -0.05) is 0 Å². The molecule has 0 fully saturated rings. The highest BCUT2D eigenvalue weighted by atomic mass is 127. The third kappa shape index (κ3) is 3.67. The van der Waals surface area contributed by atoms with Gasteiger partial charge >= 0.3 is 0 Å². The van der Waals surface area contributed by atoms with Crippen molar-refractivity contribution >= 4 is 38.3 Å². The number of benzene rings is 1. The molecule has 8 heteroatoms. The van der Waals surface area contributed by atoms with E-state index in [0.29, 0.717) is 5.69 Å². The van der Waals surface area contributed by atoms with Crippen molar-refractivity contribution in [1.82, 2.24) is 9.78 Å². The van der Waals surface area contributed by atoms with Gasteiger partial charge in [0.15, 0.2) is 0 Å². The Bertz CT molecular complexity index is 652. The van der Waals surface area contributed by atoms with Crippen LogP contribution in [0.4, 0.5) is 5.69 Å². The fourth-order valence-corrected chi connectivity index (χ4v) is 2.81. The Hall–Kier alpha value is -1.13. The Morgan fingerprint density at radius 2 is 2.00 bits per heavy atom. The highest BCUT2D eigenvalue weighted by molar-refractivity contribution is 14.1. The zero-order valence-electron chi connectivity index (χ0n) is 9.82. The monoisotopic (exact) mass is 393 g/mol. The highest BCUT2D eigenvalue weighted by Crippen LogP contribution is 2.16. The van der Waals surface area contributed by atoms with Gasteiger partial charge in [0.1, 0.15) is 4.90 Å². The number of aromatic nitrogens is 2. The van der Waals surface area contributed by atoms with Crippen LogP contribution in [-0.4, -0.2) is 29.9 Å². The molecule has 1 aromatic carbocycles. The van der Waals surface area contributed by atoms with E-state index in [1.807, 2.05) is 12.1 Å². The van der Waals surface area contributed by atoms with Crippen LogP contribution in [0.3, 0.4) is 0 Å². The van der Waals surface area contributed by atoms with Gasteiger partial charge in [0.25, 0.3) is 10.0 Å². The van der Waals surface area contributed by atoms with Gasteiger partial charge in [0, 0.05) is 15.5 Å². The molecule has 19 heavy (non-hydrogen) atoms. The van der Waals surface area contributed by atoms with Gasteiger partial charge in [-0.15, -0.1) is 0 Å². The molecule has 0 unspecified atom stereocenters. The lowest BCUT2D eigenvalue weighted by atomic mass is 10.3. The van der Waals surface area contributed by atoms with E-state index in [1.165, 1.54) is 17.1 Å². The molecule has 0 radical (unpaired) electrons. The van der Waals surface area contributed by atoms with E-state index >= 15 is 0 Å². The molecule has 2 rings (SSSR count). The maximum Gasteiger partial charge on any atom is 0.265 e. The largest absolute Gasteiger partial charge is 0.394 e. The summed E-state index contributed by atoms with van der Waals surface area (Å²) >= 11 is 2.14. The average molecular weight is 393 g/mol. The minimum absolute atomic E-state index is 0.0690. The Morgan fingerprint density at radius 1 is 1.32 bits per heavy atom. The first-order valence-corrected chi connectivity index (χ1v) is 7.99. The maximum absolute atomic E-state index is 12.1. The Morgan fingerprint density at radius 3 is 2.63 bits per heavy atom. The van der Waals surface area contributed by atoms with Crippen LogP contribution in [0.25, 0.3) is 0 Å². The molecule has 0 aliphatic heterocycles. The lowest BCUT2D eigenvalue weighted by Gasteiger charge is -2.05. The van der Waals surface area contributed by atoms with Gasteiger partial charge in [0.2, 0.25) is 0 Å². The lowest BCUT2D eigenvalue weighted by Crippen LogP contribution is -2.12. The first-order valence-electron chi connectivity index (χ1n) is 5.43. The summed E-state index contributed by atoms with van der Waals surface area (Å²) in [6, 6.07) is 7.01. The first-order chi connectivity index (χ1) is 9.01. The second kappa shape index (κ2) is 5.88. The molecule has 2 N–H and O–H groups in total. The highest BCUT2D eigenvalue weighted by Gasteiger charge is 2.16. The molecule has 0 bridgehead atoms. The standard InChI is InChI=1S/C11H12IN3O3S/c12-9-1-3-10(4-2-9)14-19(17,18)11-7-13-15(8-11)5-6-16/h1-4,7-8,14,16H,5-6H2. The second-order valence-corrected chi connectivity index (χ2v) is 6.70. The van der Waals surface area contributed by atoms with Gasteiger partial charge in [-0.3, -0.25) is 9.40 Å². The summed E-state index contributed by atoms with van der Waals surface area (Å²) in [5.74, 6) is 0. The molecule has 0 atom stereocenters. The van der Waals surface area contributed by atoms with Crippen molar-refractivity contribution < 1.29 is 13.5 Å². The molecule has 102 valence electrons. The number of anilines is 1. The van der Waals surface area contributed by atoms with Gasteiger partial charge in [0.05, 0.1) is 19.3 Å². The third-order valence-electron chi connectivity index (χ3n) is 2.35. The van der Waals surface area contributed by atoms with Crippen molar-refractivity contribution in [3.63, 3.8) is 0 Å². The average Bonchev–Trinajstić information content (AvgIpc) is 2.82. The van der Waals surface area contributed by atoms with E-state index in [0.717, 1.165) is 3.57 Å². The summed E-state index contributed by atoms with van der Waals surface area (Å²) in [5, 5.41) is 12.6. The second-order valence-electron chi connectivity index (χ2n) is 3.78. The summed E-state index contributed by atoms with van der Waals surface area (Å²) in [5.41, 5.74) is 0.496. The Balaban J connectivity index is 2.19. The Kier molecular flexibility index (Phi) is 4.42. The zero-order valence-corrected chi connectivity index (χ0v) is 12.8. The molecular weight excluding hydrogens is 381 g/mol. The predicted octanol–water partition coefficient (Wildman–Crippen LogP) is 1.28. The van der Waals surface area contributed by atoms with Crippen molar-refractivity contribution in [2.45, 2.75) is 11.4 Å². The topological polar surface area (TPSA) is 84.2 Å². The number of hydrogen-bond donors (Lipinski definition) is 2. The summed E-state index contributed by atoms with van der Waals surface area (Å²) in [4.78, 5) is 0.0690. The molecule has 0 aliphatic carbocycles. The quantitative estimate of drug-likeness (QED) is 0.750. The number of aliphatic hydroxyl groups is 1. The van der Waals surface area contributed by atoms with Crippen LogP contribution in [0.15, 0.2) is 41.6 Å². The fourth-order valence-electron chi connectivity index (χ4n) is 1.44. The van der Waals surface area contributed by atoms with E-state index in [1.54, 1.807) is 12.1 Å². The zero-order chi connectivity index (χ0) is 13.9. The van der Waals surface area contributed by atoms with Crippen LogP contribution in [-0.2, 0) is 16.6 Å². The summed E-state index contributed by atoms with van der Waals surface area (Å²) in [7, 11) is -3.64. The minimum Gasteiger partial charge on any atom is -0.394 e. The van der Waals surface area contributed by atoms with Crippen molar-refractivity contribution in [1.29, 1.82) is 0 Å². The molecule has 0 spiro atoms. The summed E-state index contributed by atoms with van der Waals surface area (Å²) < 4.78 is 29.0. The molecule has 1 aromatic heterocycles. The smallest absolute Gasteiger partial charge is 0.265 e. The number of nitrogens with one attached hydrogen (secondary N) is 1. The molecule has 0 amide bonds. The molecule has 0 saturated carbocycles. The van der Waals surface area contributed by atoms with Gasteiger partial charge in [-0.25, -0.2) is 8.42 Å². The van der Waals surface area contributed by atoms with Crippen molar-refractivity contribution in [3.05, 3.63) is 40.2 Å². The van der Waals surface area contributed by atoms with Crippen LogP contribution >= 0.6 is 22.6 Å². The molecule has 0 saturated heterocycles. The number of hydrogen-bond acceptors (Lipinski definition) is 4. The van der Waals surface area contributed by atoms with E-state index in [-0.39, 0.29) is 18.0 Å².